The molecule has 1 saturated heterocycles. The van der Waals surface area contributed by atoms with Gasteiger partial charge in [-0.05, 0) is 25.4 Å². The zero-order valence-corrected chi connectivity index (χ0v) is 13.5. The van der Waals surface area contributed by atoms with Gasteiger partial charge in [-0.3, -0.25) is 4.79 Å². The van der Waals surface area contributed by atoms with Gasteiger partial charge < -0.3 is 15.0 Å². The molecule has 2 atom stereocenters. The van der Waals surface area contributed by atoms with Crippen molar-refractivity contribution in [2.75, 3.05) is 25.0 Å². The van der Waals surface area contributed by atoms with E-state index in [9.17, 15) is 4.79 Å². The Kier molecular flexibility index (Phi) is 5.39. The first kappa shape index (κ1) is 16.0. The Bertz CT molecular complexity index is 547. The molecular formula is C13H17ClN4O2S. The molecule has 0 spiro atoms. The number of ether oxygens (including phenoxy) is 1. The number of anilines is 1. The van der Waals surface area contributed by atoms with E-state index in [-0.39, 0.29) is 23.3 Å². The van der Waals surface area contributed by atoms with Crippen LogP contribution in [-0.2, 0) is 9.53 Å². The van der Waals surface area contributed by atoms with Gasteiger partial charge in [0.15, 0.2) is 5.15 Å². The van der Waals surface area contributed by atoms with Crippen molar-refractivity contribution in [3.63, 3.8) is 0 Å². The number of hydrogen-bond donors (Lipinski definition) is 1. The summed E-state index contributed by atoms with van der Waals surface area (Å²) in [5, 5.41) is 12.8. The third-order valence-electron chi connectivity index (χ3n) is 3.16. The zero-order valence-electron chi connectivity index (χ0n) is 11.9. The van der Waals surface area contributed by atoms with Crippen molar-refractivity contribution in [1.29, 1.82) is 5.26 Å². The molecule has 0 aliphatic carbocycles. The fourth-order valence-electron chi connectivity index (χ4n) is 2.31. The maximum Gasteiger partial charge on any atom is 0.224 e. The third kappa shape index (κ3) is 4.06. The molecule has 1 aliphatic heterocycles. The van der Waals surface area contributed by atoms with Crippen LogP contribution < -0.4 is 5.32 Å². The highest BCUT2D eigenvalue weighted by Crippen LogP contribution is 2.27. The van der Waals surface area contributed by atoms with E-state index >= 15 is 0 Å². The molecule has 1 N–H and O–H groups in total. The molecule has 1 aromatic heterocycles. The lowest BCUT2D eigenvalue weighted by atomic mass is 10.2. The number of amides is 1. The van der Waals surface area contributed by atoms with Crippen LogP contribution in [0.25, 0.3) is 0 Å². The largest absolute Gasteiger partial charge is 0.374 e. The van der Waals surface area contributed by atoms with Gasteiger partial charge in [-0.15, -0.1) is 0 Å². The Hall–Kier alpha value is -1.36. The zero-order chi connectivity index (χ0) is 15.4. The van der Waals surface area contributed by atoms with E-state index in [1.165, 1.54) is 0 Å². The van der Waals surface area contributed by atoms with Crippen LogP contribution in [0.2, 0.25) is 5.15 Å². The minimum atomic E-state index is 0.0659. The number of nitrogens with one attached hydrogen (secondary N) is 1. The lowest BCUT2D eigenvalue weighted by molar-refractivity contribution is -0.142. The maximum atomic E-state index is 12.2. The SMILES string of the molecule is C[C@H]1CN(C(=O)CCNc2snc(Cl)c2C#N)C[C@H](C)O1. The van der Waals surface area contributed by atoms with Crippen molar-refractivity contribution in [1.82, 2.24) is 9.27 Å². The van der Waals surface area contributed by atoms with Crippen molar-refractivity contribution < 1.29 is 9.53 Å². The molecule has 2 rings (SSSR count). The minimum Gasteiger partial charge on any atom is -0.374 e. The lowest BCUT2D eigenvalue weighted by Crippen LogP contribution is -2.48. The summed E-state index contributed by atoms with van der Waals surface area (Å²) in [6.45, 7) is 5.63. The Labute approximate surface area is 132 Å². The van der Waals surface area contributed by atoms with E-state index in [1.807, 2.05) is 24.8 Å². The summed E-state index contributed by atoms with van der Waals surface area (Å²) in [6, 6.07) is 2.00. The molecule has 0 bridgehead atoms. The molecule has 2 heterocycles. The van der Waals surface area contributed by atoms with Gasteiger partial charge in [0, 0.05) is 26.1 Å². The molecule has 8 heteroatoms. The Morgan fingerprint density at radius 3 is 2.86 bits per heavy atom. The van der Waals surface area contributed by atoms with E-state index < -0.39 is 0 Å². The van der Waals surface area contributed by atoms with E-state index in [0.29, 0.717) is 36.6 Å². The highest BCUT2D eigenvalue weighted by molar-refractivity contribution is 7.10. The fraction of sp³-hybridized carbons (Fsp3) is 0.615. The molecule has 1 fully saturated rings. The first-order chi connectivity index (χ1) is 10.0. The van der Waals surface area contributed by atoms with Gasteiger partial charge in [0.2, 0.25) is 5.91 Å². The molecule has 6 nitrogen and oxygen atoms in total. The van der Waals surface area contributed by atoms with Gasteiger partial charge in [-0.2, -0.15) is 9.64 Å². The van der Waals surface area contributed by atoms with Gasteiger partial charge in [0.1, 0.15) is 16.6 Å². The summed E-state index contributed by atoms with van der Waals surface area (Å²) in [5.74, 6) is 0.0821. The van der Waals surface area contributed by atoms with Crippen molar-refractivity contribution in [3.05, 3.63) is 10.7 Å². The van der Waals surface area contributed by atoms with Crippen LogP contribution in [-0.4, -0.2) is 47.0 Å². The molecule has 114 valence electrons. The highest BCUT2D eigenvalue weighted by Gasteiger charge is 2.25. The first-order valence-electron chi connectivity index (χ1n) is 6.73. The Balaban J connectivity index is 1.83. The van der Waals surface area contributed by atoms with E-state index in [1.54, 1.807) is 0 Å². The van der Waals surface area contributed by atoms with Crippen LogP contribution in [0.4, 0.5) is 5.00 Å². The second kappa shape index (κ2) is 7.07. The number of halogens is 1. The normalized spacial score (nSPS) is 21.9. The second-order valence-corrected chi connectivity index (χ2v) is 6.15. The van der Waals surface area contributed by atoms with Crippen LogP contribution in [0.15, 0.2) is 0 Å². The standard InChI is InChI=1S/C13H17ClN4O2S/c1-8-6-18(7-9(2)20-8)11(19)3-4-16-13-10(5-15)12(14)17-21-13/h8-9,16H,3-4,6-7H2,1-2H3/t8-,9-/m0/s1. The number of morpholine rings is 1. The summed E-state index contributed by atoms with van der Waals surface area (Å²) < 4.78 is 9.51. The summed E-state index contributed by atoms with van der Waals surface area (Å²) in [4.78, 5) is 14.0. The minimum absolute atomic E-state index is 0.0659. The average molecular weight is 329 g/mol. The van der Waals surface area contributed by atoms with Crippen LogP contribution in [0, 0.1) is 11.3 Å². The van der Waals surface area contributed by atoms with Crippen molar-refractivity contribution in [2.24, 2.45) is 0 Å². The second-order valence-electron chi connectivity index (χ2n) is 5.02. The Morgan fingerprint density at radius 1 is 1.57 bits per heavy atom. The molecule has 1 aromatic rings. The summed E-state index contributed by atoms with van der Waals surface area (Å²) in [6.07, 6.45) is 0.493. The predicted molar refractivity (Wildman–Crippen MR) is 81.5 cm³/mol. The van der Waals surface area contributed by atoms with Gasteiger partial charge in [0.25, 0.3) is 0 Å². The van der Waals surface area contributed by atoms with E-state index in [4.69, 9.17) is 21.6 Å². The van der Waals surface area contributed by atoms with Crippen LogP contribution >= 0.6 is 23.1 Å². The molecule has 0 saturated carbocycles. The van der Waals surface area contributed by atoms with Gasteiger partial charge in [-0.1, -0.05) is 11.6 Å². The number of carbonyl (C=O) groups is 1. The smallest absolute Gasteiger partial charge is 0.224 e. The van der Waals surface area contributed by atoms with E-state index in [2.05, 4.69) is 9.69 Å². The summed E-state index contributed by atoms with van der Waals surface area (Å²) in [5.41, 5.74) is 0.336. The van der Waals surface area contributed by atoms with Gasteiger partial charge >= 0.3 is 0 Å². The quantitative estimate of drug-likeness (QED) is 0.915. The van der Waals surface area contributed by atoms with Crippen LogP contribution in [0.3, 0.4) is 0 Å². The Morgan fingerprint density at radius 2 is 2.24 bits per heavy atom. The third-order valence-corrected chi connectivity index (χ3v) is 4.34. The molecule has 0 unspecified atom stereocenters. The topological polar surface area (TPSA) is 78.3 Å². The molecule has 0 radical (unpaired) electrons. The predicted octanol–water partition coefficient (Wildman–Crippen LogP) is 2.11. The number of hydrogen-bond acceptors (Lipinski definition) is 6. The van der Waals surface area contributed by atoms with Crippen LogP contribution in [0.5, 0.6) is 0 Å². The van der Waals surface area contributed by atoms with Crippen molar-refractivity contribution in [2.45, 2.75) is 32.5 Å². The fourth-order valence-corrected chi connectivity index (χ4v) is 3.27. The summed E-state index contributed by atoms with van der Waals surface area (Å²) in [7, 11) is 0. The maximum absolute atomic E-state index is 12.2. The number of aromatic nitrogens is 1. The first-order valence-corrected chi connectivity index (χ1v) is 7.88. The van der Waals surface area contributed by atoms with E-state index in [0.717, 1.165) is 11.5 Å². The van der Waals surface area contributed by atoms with Gasteiger partial charge in [-0.25, -0.2) is 0 Å². The van der Waals surface area contributed by atoms with Crippen LogP contribution in [0.1, 0.15) is 25.8 Å². The molecule has 21 heavy (non-hydrogen) atoms. The molecule has 0 aromatic carbocycles. The monoisotopic (exact) mass is 328 g/mol. The van der Waals surface area contributed by atoms with Gasteiger partial charge in [0.05, 0.1) is 12.2 Å². The number of nitrogens with zero attached hydrogens (tertiary/aromatic N) is 3. The highest BCUT2D eigenvalue weighted by atomic mass is 35.5. The number of nitriles is 1. The average Bonchev–Trinajstić information content (AvgIpc) is 2.78. The summed E-state index contributed by atoms with van der Waals surface area (Å²) >= 11 is 6.92. The number of rotatable bonds is 4. The van der Waals surface area contributed by atoms with Crippen molar-refractivity contribution in [3.8, 4) is 6.07 Å². The van der Waals surface area contributed by atoms with Crippen molar-refractivity contribution >= 4 is 34.0 Å². The number of carbonyl (C=O) groups excluding carboxylic acids is 1. The molecule has 1 amide bonds. The molecule has 1 aliphatic rings. The lowest BCUT2D eigenvalue weighted by Gasteiger charge is -2.35. The molecular weight excluding hydrogens is 312 g/mol.